The molecule has 0 aliphatic carbocycles. The van der Waals surface area contributed by atoms with E-state index in [-0.39, 0.29) is 0 Å². The first-order valence-electron chi connectivity index (χ1n) is 8.76. The van der Waals surface area contributed by atoms with Gasteiger partial charge >= 0.3 is 0 Å². The molecule has 0 atom stereocenters. The lowest BCUT2D eigenvalue weighted by Gasteiger charge is -2.09. The topological polar surface area (TPSA) is 4.93 Å². The summed E-state index contributed by atoms with van der Waals surface area (Å²) in [6, 6.07) is 33.8. The quantitative estimate of drug-likeness (QED) is 0.390. The fourth-order valence-corrected chi connectivity index (χ4v) is 3.72. The summed E-state index contributed by atoms with van der Waals surface area (Å²) in [7, 11) is 5.99. The van der Waals surface area contributed by atoms with Crippen LogP contribution in [0.15, 0.2) is 97.1 Å². The van der Waals surface area contributed by atoms with Crippen LogP contribution in [-0.2, 0) is 0 Å². The molecule has 5 aromatic rings. The maximum Gasteiger partial charge on any atom is 0.113 e. The molecule has 0 saturated heterocycles. The van der Waals surface area contributed by atoms with Gasteiger partial charge in [-0.3, -0.25) is 0 Å². The van der Waals surface area contributed by atoms with Gasteiger partial charge in [0.25, 0.3) is 0 Å². The summed E-state index contributed by atoms with van der Waals surface area (Å²) in [5.74, 6) is 0. The summed E-state index contributed by atoms with van der Waals surface area (Å²) >= 11 is 0. The number of rotatable bonds is 2. The zero-order valence-electron chi connectivity index (χ0n) is 14.3. The van der Waals surface area contributed by atoms with Gasteiger partial charge in [0.2, 0.25) is 0 Å². The number of benzene rings is 4. The highest BCUT2D eigenvalue weighted by molar-refractivity contribution is 6.32. The van der Waals surface area contributed by atoms with Gasteiger partial charge in [0, 0.05) is 16.5 Å². The Morgan fingerprint density at radius 3 is 2.12 bits per heavy atom. The summed E-state index contributed by atoms with van der Waals surface area (Å²) in [6.45, 7) is 0. The SMILES string of the molecule is [B]c1cccc(-c2ccc3c4ccccc4n(-c4ccccc4)c3c2)c1. The van der Waals surface area contributed by atoms with E-state index in [0.717, 1.165) is 11.0 Å². The van der Waals surface area contributed by atoms with E-state index in [1.807, 2.05) is 18.2 Å². The largest absolute Gasteiger partial charge is 0.309 e. The summed E-state index contributed by atoms with van der Waals surface area (Å²) in [4.78, 5) is 0. The predicted octanol–water partition coefficient (Wildman–Crippen LogP) is 5.24. The van der Waals surface area contributed by atoms with Crippen LogP contribution in [0.25, 0.3) is 38.6 Å². The minimum Gasteiger partial charge on any atom is -0.309 e. The number of fused-ring (bicyclic) bond motifs is 3. The molecule has 0 aliphatic heterocycles. The molecule has 0 fully saturated rings. The van der Waals surface area contributed by atoms with Crippen LogP contribution in [0.2, 0.25) is 0 Å². The third kappa shape index (κ3) is 2.34. The number of nitrogens with zero attached hydrogens (tertiary/aromatic N) is 1. The molecule has 26 heavy (non-hydrogen) atoms. The number of para-hydroxylation sites is 2. The molecule has 1 aromatic heterocycles. The molecule has 2 heteroatoms. The third-order valence-corrected chi connectivity index (χ3v) is 4.91. The van der Waals surface area contributed by atoms with E-state index in [0.29, 0.717) is 0 Å². The summed E-state index contributed by atoms with van der Waals surface area (Å²) in [5, 5.41) is 2.53. The normalized spacial score (nSPS) is 11.2. The molecule has 0 aliphatic rings. The monoisotopic (exact) mass is 329 g/mol. The Morgan fingerprint density at radius 2 is 1.27 bits per heavy atom. The lowest BCUT2D eigenvalue weighted by Crippen LogP contribution is -2.00. The van der Waals surface area contributed by atoms with Crippen LogP contribution in [0.5, 0.6) is 0 Å². The molecule has 0 N–H and O–H groups in total. The minimum absolute atomic E-state index is 0.784. The van der Waals surface area contributed by atoms with Crippen molar-refractivity contribution in [2.45, 2.75) is 0 Å². The first kappa shape index (κ1) is 15.0. The number of hydrogen-bond donors (Lipinski definition) is 0. The van der Waals surface area contributed by atoms with E-state index in [4.69, 9.17) is 7.85 Å². The zero-order valence-corrected chi connectivity index (χ0v) is 14.3. The van der Waals surface area contributed by atoms with Crippen LogP contribution in [-0.4, -0.2) is 12.4 Å². The van der Waals surface area contributed by atoms with E-state index in [1.54, 1.807) is 0 Å². The second-order valence-corrected chi connectivity index (χ2v) is 6.55. The highest BCUT2D eigenvalue weighted by atomic mass is 15.0. The molecule has 1 heterocycles. The van der Waals surface area contributed by atoms with Crippen LogP contribution >= 0.6 is 0 Å². The fourth-order valence-electron chi connectivity index (χ4n) is 3.72. The molecule has 2 radical (unpaired) electrons. The van der Waals surface area contributed by atoms with E-state index in [9.17, 15) is 0 Å². The maximum atomic E-state index is 5.99. The second kappa shape index (κ2) is 5.92. The van der Waals surface area contributed by atoms with Crippen molar-refractivity contribution in [3.63, 3.8) is 0 Å². The van der Waals surface area contributed by atoms with Gasteiger partial charge in [-0.2, -0.15) is 0 Å². The molecule has 0 saturated carbocycles. The van der Waals surface area contributed by atoms with Crippen LogP contribution in [0.1, 0.15) is 0 Å². The highest BCUT2D eigenvalue weighted by Crippen LogP contribution is 2.34. The van der Waals surface area contributed by atoms with Gasteiger partial charge in [0.15, 0.2) is 0 Å². The standard InChI is InChI=1S/C24H16BN/c25-19-8-6-7-17(15-19)18-13-14-22-21-11-4-5-12-23(21)26(24(22)16-18)20-9-2-1-3-10-20/h1-16H. The molecule has 4 aromatic carbocycles. The number of hydrogen-bond acceptors (Lipinski definition) is 0. The predicted molar refractivity (Wildman–Crippen MR) is 112 cm³/mol. The van der Waals surface area contributed by atoms with Crippen molar-refractivity contribution in [3.05, 3.63) is 97.1 Å². The molecule has 0 amide bonds. The van der Waals surface area contributed by atoms with Gasteiger partial charge in [0.05, 0.1) is 11.0 Å². The van der Waals surface area contributed by atoms with Crippen LogP contribution < -0.4 is 5.46 Å². The number of aromatic nitrogens is 1. The van der Waals surface area contributed by atoms with Crippen LogP contribution in [0.4, 0.5) is 0 Å². The third-order valence-electron chi connectivity index (χ3n) is 4.91. The van der Waals surface area contributed by atoms with Crippen molar-refractivity contribution in [1.29, 1.82) is 0 Å². The van der Waals surface area contributed by atoms with E-state index >= 15 is 0 Å². The Labute approximate surface area is 153 Å². The van der Waals surface area contributed by atoms with Gasteiger partial charge in [-0.25, -0.2) is 0 Å². The van der Waals surface area contributed by atoms with Crippen molar-refractivity contribution in [2.24, 2.45) is 0 Å². The fraction of sp³-hybridized carbons (Fsp3) is 0. The Morgan fingerprint density at radius 1 is 0.538 bits per heavy atom. The van der Waals surface area contributed by atoms with Gasteiger partial charge in [-0.05, 0) is 35.4 Å². The Bertz CT molecular complexity index is 1240. The van der Waals surface area contributed by atoms with E-state index in [2.05, 4.69) is 83.4 Å². The minimum atomic E-state index is 0.784. The first-order valence-corrected chi connectivity index (χ1v) is 8.76. The molecule has 0 spiro atoms. The summed E-state index contributed by atoms with van der Waals surface area (Å²) in [6.07, 6.45) is 0. The molecule has 5 rings (SSSR count). The Hall–Kier alpha value is -3.26. The maximum absolute atomic E-state index is 5.99. The molecular weight excluding hydrogens is 313 g/mol. The Kier molecular flexibility index (Phi) is 3.43. The Balaban J connectivity index is 1.86. The molecule has 0 bridgehead atoms. The van der Waals surface area contributed by atoms with E-state index < -0.39 is 0 Å². The zero-order chi connectivity index (χ0) is 17.5. The van der Waals surface area contributed by atoms with E-state index in [1.165, 1.54) is 33.1 Å². The van der Waals surface area contributed by atoms with Crippen molar-refractivity contribution in [3.8, 4) is 16.8 Å². The molecule has 0 unspecified atom stereocenters. The van der Waals surface area contributed by atoms with Crippen molar-refractivity contribution in [1.82, 2.24) is 4.57 Å². The lowest BCUT2D eigenvalue weighted by molar-refractivity contribution is 1.18. The van der Waals surface area contributed by atoms with Gasteiger partial charge < -0.3 is 4.57 Å². The van der Waals surface area contributed by atoms with Crippen molar-refractivity contribution >= 4 is 35.1 Å². The average molecular weight is 329 g/mol. The first-order chi connectivity index (χ1) is 12.8. The van der Waals surface area contributed by atoms with Crippen LogP contribution in [0, 0.1) is 0 Å². The summed E-state index contributed by atoms with van der Waals surface area (Å²) in [5.41, 5.74) is 6.69. The molecule has 120 valence electrons. The second-order valence-electron chi connectivity index (χ2n) is 6.55. The smallest absolute Gasteiger partial charge is 0.113 e. The highest BCUT2D eigenvalue weighted by Gasteiger charge is 2.12. The lowest BCUT2D eigenvalue weighted by atomic mass is 9.92. The average Bonchev–Trinajstić information content (AvgIpc) is 3.02. The van der Waals surface area contributed by atoms with Gasteiger partial charge in [-0.15, -0.1) is 0 Å². The van der Waals surface area contributed by atoms with Gasteiger partial charge in [-0.1, -0.05) is 78.3 Å². The van der Waals surface area contributed by atoms with Crippen molar-refractivity contribution < 1.29 is 0 Å². The van der Waals surface area contributed by atoms with Gasteiger partial charge in [0.1, 0.15) is 7.85 Å². The van der Waals surface area contributed by atoms with Crippen molar-refractivity contribution in [2.75, 3.05) is 0 Å². The molecular formula is C24H16BN. The summed E-state index contributed by atoms with van der Waals surface area (Å²) < 4.78 is 2.33. The van der Waals surface area contributed by atoms with Crippen LogP contribution in [0.3, 0.4) is 0 Å². The molecule has 1 nitrogen and oxygen atoms in total.